The molecule has 0 radical (unpaired) electrons. The molecule has 0 saturated heterocycles. The molecule has 0 bridgehead atoms. The Morgan fingerprint density at radius 2 is 2.00 bits per heavy atom. The van der Waals surface area contributed by atoms with Crippen LogP contribution >= 0.6 is 0 Å². The Hall–Kier alpha value is -1.26. The maximum absolute atomic E-state index is 3.33. The number of nitrogens with one attached hydrogen (secondary N) is 1. The van der Waals surface area contributed by atoms with Gasteiger partial charge in [0.15, 0.2) is 0 Å². The molecule has 1 aromatic rings. The van der Waals surface area contributed by atoms with Gasteiger partial charge >= 0.3 is 0 Å². The first-order chi connectivity index (χ1) is 6.83. The van der Waals surface area contributed by atoms with E-state index in [2.05, 4.69) is 31.0 Å². The minimum atomic E-state index is 0.556. The van der Waals surface area contributed by atoms with E-state index >= 15 is 0 Å². The topological polar surface area (TPSA) is 12.0 Å². The zero-order valence-electron chi connectivity index (χ0n) is 8.88. The van der Waals surface area contributed by atoms with Crippen molar-refractivity contribution in [1.82, 2.24) is 5.32 Å². The third-order valence-corrected chi connectivity index (χ3v) is 2.16. The summed E-state index contributed by atoms with van der Waals surface area (Å²) in [7, 11) is 0. The van der Waals surface area contributed by atoms with Crippen molar-refractivity contribution in [1.29, 1.82) is 0 Å². The lowest BCUT2D eigenvalue weighted by atomic mass is 10.2. The highest BCUT2D eigenvalue weighted by molar-refractivity contribution is 5.33. The molecule has 0 aliphatic rings. The fraction of sp³-hybridized carbons (Fsp3) is 0.385. The van der Waals surface area contributed by atoms with E-state index < -0.39 is 0 Å². The molecule has 1 rings (SSSR count). The molecular weight excluding hydrogens is 170 g/mol. The smallest absolute Gasteiger partial charge is 0.0582 e. The van der Waals surface area contributed by atoms with Crippen molar-refractivity contribution in [3.05, 3.63) is 35.9 Å². The van der Waals surface area contributed by atoms with Crippen molar-refractivity contribution in [3.63, 3.8) is 0 Å². The van der Waals surface area contributed by atoms with Gasteiger partial charge in [-0.3, -0.25) is 0 Å². The van der Waals surface area contributed by atoms with Gasteiger partial charge in [0.25, 0.3) is 0 Å². The summed E-state index contributed by atoms with van der Waals surface area (Å²) in [5, 5.41) is 3.33. The van der Waals surface area contributed by atoms with Crippen LogP contribution in [0, 0.1) is 11.8 Å². The molecule has 0 spiro atoms. The summed E-state index contributed by atoms with van der Waals surface area (Å²) in [6.07, 6.45) is 1.15. The summed E-state index contributed by atoms with van der Waals surface area (Å²) in [6, 6.07) is 10.6. The quantitative estimate of drug-likeness (QED) is 0.717. The van der Waals surface area contributed by atoms with Gasteiger partial charge < -0.3 is 5.32 Å². The average Bonchev–Trinajstić information content (AvgIpc) is 2.25. The van der Waals surface area contributed by atoms with Gasteiger partial charge in [-0.1, -0.05) is 37.0 Å². The molecule has 1 aromatic carbocycles. The third-order valence-electron chi connectivity index (χ3n) is 2.16. The Bertz CT molecular complexity index is 305. The van der Waals surface area contributed by atoms with E-state index in [1.54, 1.807) is 0 Å². The van der Waals surface area contributed by atoms with Crippen molar-refractivity contribution in [2.75, 3.05) is 6.54 Å². The highest BCUT2D eigenvalue weighted by Gasteiger charge is 1.92. The maximum atomic E-state index is 3.33. The maximum Gasteiger partial charge on any atom is 0.0582 e. The lowest BCUT2D eigenvalue weighted by Crippen LogP contribution is -2.25. The average molecular weight is 187 g/mol. The van der Waals surface area contributed by atoms with Crippen LogP contribution in [0.5, 0.6) is 0 Å². The molecule has 0 fully saturated rings. The van der Waals surface area contributed by atoms with Crippen molar-refractivity contribution in [2.45, 2.75) is 26.3 Å². The van der Waals surface area contributed by atoms with Crippen LogP contribution in [-0.2, 0) is 0 Å². The minimum Gasteiger partial charge on any atom is -0.304 e. The highest BCUT2D eigenvalue weighted by Crippen LogP contribution is 1.94. The summed E-state index contributed by atoms with van der Waals surface area (Å²) in [5.74, 6) is 6.22. The van der Waals surface area contributed by atoms with Crippen LogP contribution in [0.3, 0.4) is 0 Å². The summed E-state index contributed by atoms with van der Waals surface area (Å²) >= 11 is 0. The van der Waals surface area contributed by atoms with E-state index in [4.69, 9.17) is 0 Å². The van der Waals surface area contributed by atoms with Crippen LogP contribution in [-0.4, -0.2) is 12.6 Å². The van der Waals surface area contributed by atoms with Gasteiger partial charge in [0.2, 0.25) is 0 Å². The SMILES string of the molecule is CC[C@@H](C)NCC#Cc1ccccc1. The van der Waals surface area contributed by atoms with Crippen molar-refractivity contribution < 1.29 is 0 Å². The molecule has 0 aromatic heterocycles. The third kappa shape index (κ3) is 4.11. The zero-order valence-corrected chi connectivity index (χ0v) is 8.88. The molecule has 0 saturated carbocycles. The first-order valence-electron chi connectivity index (χ1n) is 5.10. The molecular formula is C13H17N. The largest absolute Gasteiger partial charge is 0.304 e. The molecule has 74 valence electrons. The van der Waals surface area contributed by atoms with Crippen LogP contribution in [0.2, 0.25) is 0 Å². The first-order valence-corrected chi connectivity index (χ1v) is 5.10. The normalized spacial score (nSPS) is 11.6. The predicted molar refractivity (Wildman–Crippen MR) is 61.1 cm³/mol. The summed E-state index contributed by atoms with van der Waals surface area (Å²) < 4.78 is 0. The number of hydrogen-bond acceptors (Lipinski definition) is 1. The summed E-state index contributed by atoms with van der Waals surface area (Å²) in [5.41, 5.74) is 1.08. The molecule has 1 nitrogen and oxygen atoms in total. The molecule has 1 heteroatoms. The van der Waals surface area contributed by atoms with E-state index in [0.717, 1.165) is 18.5 Å². The highest BCUT2D eigenvalue weighted by atomic mass is 14.9. The van der Waals surface area contributed by atoms with Gasteiger partial charge in [-0.15, -0.1) is 0 Å². The molecule has 0 heterocycles. The van der Waals surface area contributed by atoms with Crippen molar-refractivity contribution in [3.8, 4) is 11.8 Å². The zero-order chi connectivity index (χ0) is 10.2. The van der Waals surface area contributed by atoms with E-state index in [9.17, 15) is 0 Å². The second kappa shape index (κ2) is 6.23. The fourth-order valence-electron chi connectivity index (χ4n) is 1.04. The number of rotatable bonds is 3. The molecule has 14 heavy (non-hydrogen) atoms. The predicted octanol–water partition coefficient (Wildman–Crippen LogP) is 2.43. The lowest BCUT2D eigenvalue weighted by Gasteiger charge is -2.06. The Balaban J connectivity index is 2.34. The van der Waals surface area contributed by atoms with E-state index in [0.29, 0.717) is 6.04 Å². The lowest BCUT2D eigenvalue weighted by molar-refractivity contribution is 0.571. The van der Waals surface area contributed by atoms with Gasteiger partial charge in [-0.2, -0.15) is 0 Å². The Kier molecular flexibility index (Phi) is 4.82. The van der Waals surface area contributed by atoms with Crippen molar-refractivity contribution >= 4 is 0 Å². The van der Waals surface area contributed by atoms with Gasteiger partial charge in [-0.05, 0) is 25.5 Å². The number of benzene rings is 1. The first kappa shape index (κ1) is 10.8. The minimum absolute atomic E-state index is 0.556. The van der Waals surface area contributed by atoms with Crippen molar-refractivity contribution in [2.24, 2.45) is 0 Å². The molecule has 0 amide bonds. The molecule has 1 N–H and O–H groups in total. The second-order valence-corrected chi connectivity index (χ2v) is 3.36. The van der Waals surface area contributed by atoms with Gasteiger partial charge in [0.1, 0.15) is 0 Å². The van der Waals surface area contributed by atoms with Crippen LogP contribution in [0.15, 0.2) is 30.3 Å². The monoisotopic (exact) mass is 187 g/mol. The molecule has 0 unspecified atom stereocenters. The van der Waals surface area contributed by atoms with Crippen LogP contribution in [0.25, 0.3) is 0 Å². The summed E-state index contributed by atoms with van der Waals surface area (Å²) in [4.78, 5) is 0. The Labute approximate surface area is 86.5 Å². The van der Waals surface area contributed by atoms with Gasteiger partial charge in [-0.25, -0.2) is 0 Å². The van der Waals surface area contributed by atoms with E-state index in [1.165, 1.54) is 0 Å². The molecule has 0 aliphatic heterocycles. The van der Waals surface area contributed by atoms with Gasteiger partial charge in [0.05, 0.1) is 6.54 Å². The molecule has 1 atom stereocenters. The fourth-order valence-corrected chi connectivity index (χ4v) is 1.04. The number of hydrogen-bond donors (Lipinski definition) is 1. The molecule has 0 aliphatic carbocycles. The van der Waals surface area contributed by atoms with E-state index in [-0.39, 0.29) is 0 Å². The Morgan fingerprint density at radius 3 is 2.64 bits per heavy atom. The van der Waals surface area contributed by atoms with Crippen LogP contribution < -0.4 is 5.32 Å². The standard InChI is InChI=1S/C13H17N/c1-3-12(2)14-11-7-10-13-8-5-4-6-9-13/h4-6,8-9,12,14H,3,11H2,1-2H3/t12-/m1/s1. The van der Waals surface area contributed by atoms with Crippen LogP contribution in [0.1, 0.15) is 25.8 Å². The van der Waals surface area contributed by atoms with E-state index in [1.807, 2.05) is 30.3 Å². The Morgan fingerprint density at radius 1 is 1.29 bits per heavy atom. The summed E-state index contributed by atoms with van der Waals surface area (Å²) in [6.45, 7) is 5.11. The van der Waals surface area contributed by atoms with Crippen LogP contribution in [0.4, 0.5) is 0 Å². The van der Waals surface area contributed by atoms with Gasteiger partial charge in [0, 0.05) is 11.6 Å². The second-order valence-electron chi connectivity index (χ2n) is 3.36.